The third-order valence-electron chi connectivity index (χ3n) is 2.43. The highest BCUT2D eigenvalue weighted by atomic mass is 28.4. The number of allylic oxidation sites excluding steroid dienone is 2. The maximum absolute atomic E-state index is 11.5. The van der Waals surface area contributed by atoms with E-state index in [1.807, 2.05) is 6.92 Å². The van der Waals surface area contributed by atoms with Gasteiger partial charge in [0.1, 0.15) is 0 Å². The molecule has 0 aromatic heterocycles. The average Bonchev–Trinajstić information content (AvgIpc) is 2.16. The standard InChI is InChI=1S/C12H22O3Si/c1-5-14-12(13)10-6-8-11(9-7-10)15-16(2,3)4/h8,10H,5-7,9H2,1-4H3. The highest BCUT2D eigenvalue weighted by Gasteiger charge is 2.25. The zero-order valence-electron chi connectivity index (χ0n) is 10.7. The molecule has 0 fully saturated rings. The van der Waals surface area contributed by atoms with E-state index in [-0.39, 0.29) is 11.9 Å². The molecule has 16 heavy (non-hydrogen) atoms. The predicted octanol–water partition coefficient (Wildman–Crippen LogP) is 3.09. The van der Waals surface area contributed by atoms with E-state index in [4.69, 9.17) is 9.16 Å². The maximum Gasteiger partial charge on any atom is 0.309 e. The molecule has 0 N–H and O–H groups in total. The summed E-state index contributed by atoms with van der Waals surface area (Å²) in [5.74, 6) is 1.04. The lowest BCUT2D eigenvalue weighted by Gasteiger charge is -2.26. The Hall–Kier alpha value is -0.773. The zero-order valence-corrected chi connectivity index (χ0v) is 11.7. The first-order valence-electron chi connectivity index (χ1n) is 5.97. The quantitative estimate of drug-likeness (QED) is 0.561. The van der Waals surface area contributed by atoms with Gasteiger partial charge in [0.15, 0.2) is 0 Å². The molecule has 0 spiro atoms. The maximum atomic E-state index is 11.5. The van der Waals surface area contributed by atoms with Crippen LogP contribution in [0.25, 0.3) is 0 Å². The molecular formula is C12H22O3Si. The van der Waals surface area contributed by atoms with Gasteiger partial charge in [-0.3, -0.25) is 4.79 Å². The molecule has 0 aliphatic heterocycles. The highest BCUT2D eigenvalue weighted by Crippen LogP contribution is 2.27. The van der Waals surface area contributed by atoms with Crippen LogP contribution in [0.15, 0.2) is 11.8 Å². The Morgan fingerprint density at radius 3 is 2.62 bits per heavy atom. The number of carbonyl (C=O) groups is 1. The molecule has 0 amide bonds. The summed E-state index contributed by atoms with van der Waals surface area (Å²) in [6, 6.07) is 0. The molecule has 0 radical (unpaired) electrons. The minimum atomic E-state index is -1.49. The van der Waals surface area contributed by atoms with Gasteiger partial charge in [-0.1, -0.05) is 0 Å². The third kappa shape index (κ3) is 4.39. The van der Waals surface area contributed by atoms with Crippen molar-refractivity contribution in [2.45, 2.75) is 45.8 Å². The molecule has 1 unspecified atom stereocenters. The summed E-state index contributed by atoms with van der Waals surface area (Å²) < 4.78 is 10.9. The number of hydrogen-bond donors (Lipinski definition) is 0. The lowest BCUT2D eigenvalue weighted by Crippen LogP contribution is -2.27. The van der Waals surface area contributed by atoms with E-state index in [2.05, 4.69) is 25.7 Å². The monoisotopic (exact) mass is 242 g/mol. The van der Waals surface area contributed by atoms with Crippen LogP contribution in [0.4, 0.5) is 0 Å². The normalized spacial score (nSPS) is 21.2. The number of esters is 1. The van der Waals surface area contributed by atoms with E-state index in [0.717, 1.165) is 25.0 Å². The van der Waals surface area contributed by atoms with Crippen LogP contribution in [0, 0.1) is 5.92 Å². The van der Waals surface area contributed by atoms with Crippen molar-refractivity contribution in [2.75, 3.05) is 6.61 Å². The van der Waals surface area contributed by atoms with Crippen molar-refractivity contribution in [1.29, 1.82) is 0 Å². The minimum absolute atomic E-state index is 0.0361. The van der Waals surface area contributed by atoms with Gasteiger partial charge < -0.3 is 9.16 Å². The first kappa shape index (κ1) is 13.3. The summed E-state index contributed by atoms with van der Waals surface area (Å²) in [5.41, 5.74) is 0. The fraction of sp³-hybridized carbons (Fsp3) is 0.750. The van der Waals surface area contributed by atoms with Crippen LogP contribution in [0.3, 0.4) is 0 Å². The lowest BCUT2D eigenvalue weighted by atomic mass is 9.93. The first-order valence-corrected chi connectivity index (χ1v) is 9.38. The van der Waals surface area contributed by atoms with Crippen molar-refractivity contribution >= 4 is 14.3 Å². The lowest BCUT2D eigenvalue weighted by molar-refractivity contribution is -0.148. The SMILES string of the molecule is CCOC(=O)C1CC=C(O[Si](C)(C)C)CC1. The van der Waals surface area contributed by atoms with Crippen molar-refractivity contribution in [1.82, 2.24) is 0 Å². The Morgan fingerprint density at radius 1 is 1.50 bits per heavy atom. The van der Waals surface area contributed by atoms with Crippen molar-refractivity contribution in [3.8, 4) is 0 Å². The Labute approximate surface area is 99.0 Å². The third-order valence-corrected chi connectivity index (χ3v) is 3.30. The number of carbonyl (C=O) groups excluding carboxylic acids is 1. The number of hydrogen-bond acceptors (Lipinski definition) is 3. The van der Waals surface area contributed by atoms with Gasteiger partial charge in [0.05, 0.1) is 18.3 Å². The van der Waals surface area contributed by atoms with Crippen LogP contribution in [-0.4, -0.2) is 20.9 Å². The van der Waals surface area contributed by atoms with Gasteiger partial charge in [0.2, 0.25) is 8.32 Å². The van der Waals surface area contributed by atoms with Gasteiger partial charge in [-0.05, 0) is 45.5 Å². The topological polar surface area (TPSA) is 35.5 Å². The van der Waals surface area contributed by atoms with Crippen molar-refractivity contribution < 1.29 is 14.0 Å². The molecule has 3 nitrogen and oxygen atoms in total. The highest BCUT2D eigenvalue weighted by molar-refractivity contribution is 6.70. The molecular weight excluding hydrogens is 220 g/mol. The summed E-state index contributed by atoms with van der Waals surface area (Å²) in [4.78, 5) is 11.5. The predicted molar refractivity (Wildman–Crippen MR) is 66.5 cm³/mol. The van der Waals surface area contributed by atoms with E-state index in [1.54, 1.807) is 0 Å². The van der Waals surface area contributed by atoms with E-state index in [0.29, 0.717) is 6.61 Å². The summed E-state index contributed by atoms with van der Waals surface area (Å²) >= 11 is 0. The van der Waals surface area contributed by atoms with Crippen LogP contribution in [0.1, 0.15) is 26.2 Å². The van der Waals surface area contributed by atoms with E-state index < -0.39 is 8.32 Å². The van der Waals surface area contributed by atoms with Gasteiger partial charge in [0.25, 0.3) is 0 Å². The molecule has 0 heterocycles. The Bertz CT molecular complexity index is 278. The van der Waals surface area contributed by atoms with Crippen LogP contribution in [0.5, 0.6) is 0 Å². The van der Waals surface area contributed by atoms with Crippen LogP contribution in [-0.2, 0) is 14.0 Å². The van der Waals surface area contributed by atoms with Crippen LogP contribution < -0.4 is 0 Å². The first-order chi connectivity index (χ1) is 7.42. The molecule has 0 bridgehead atoms. The van der Waals surface area contributed by atoms with Gasteiger partial charge in [-0.15, -0.1) is 0 Å². The zero-order chi connectivity index (χ0) is 12.2. The molecule has 1 rings (SSSR count). The average molecular weight is 242 g/mol. The fourth-order valence-corrected chi connectivity index (χ4v) is 2.74. The van der Waals surface area contributed by atoms with Crippen molar-refractivity contribution in [3.05, 3.63) is 11.8 Å². The minimum Gasteiger partial charge on any atom is -0.548 e. The Morgan fingerprint density at radius 2 is 2.19 bits per heavy atom. The summed E-state index contributed by atoms with van der Waals surface area (Å²) in [6.45, 7) is 8.83. The van der Waals surface area contributed by atoms with Crippen LogP contribution >= 0.6 is 0 Å². The van der Waals surface area contributed by atoms with Crippen molar-refractivity contribution in [2.24, 2.45) is 5.92 Å². The van der Waals surface area contributed by atoms with E-state index >= 15 is 0 Å². The smallest absolute Gasteiger partial charge is 0.309 e. The van der Waals surface area contributed by atoms with E-state index in [1.165, 1.54) is 0 Å². The van der Waals surface area contributed by atoms with Crippen molar-refractivity contribution in [3.63, 3.8) is 0 Å². The van der Waals surface area contributed by atoms with Gasteiger partial charge >= 0.3 is 5.97 Å². The molecule has 0 saturated carbocycles. The Kier molecular flexibility index (Phi) is 4.59. The molecule has 1 aliphatic rings. The number of ether oxygens (including phenoxy) is 1. The summed E-state index contributed by atoms with van der Waals surface area (Å²) in [6.07, 6.45) is 4.55. The van der Waals surface area contributed by atoms with E-state index in [9.17, 15) is 4.79 Å². The molecule has 4 heteroatoms. The molecule has 1 atom stereocenters. The van der Waals surface area contributed by atoms with Gasteiger partial charge in [0, 0.05) is 6.42 Å². The van der Waals surface area contributed by atoms with Gasteiger partial charge in [-0.25, -0.2) is 0 Å². The Balaban J connectivity index is 2.45. The second-order valence-corrected chi connectivity index (χ2v) is 9.54. The summed E-state index contributed by atoms with van der Waals surface area (Å²) in [5, 5.41) is 0. The number of rotatable bonds is 4. The molecule has 92 valence electrons. The fourth-order valence-electron chi connectivity index (χ4n) is 1.77. The second-order valence-electron chi connectivity index (χ2n) is 5.11. The largest absolute Gasteiger partial charge is 0.548 e. The molecule has 1 aliphatic carbocycles. The molecule has 0 saturated heterocycles. The molecule has 0 aromatic rings. The molecule has 0 aromatic carbocycles. The summed E-state index contributed by atoms with van der Waals surface area (Å²) in [7, 11) is -1.49. The second kappa shape index (κ2) is 5.52. The van der Waals surface area contributed by atoms with Gasteiger partial charge in [-0.2, -0.15) is 0 Å². The van der Waals surface area contributed by atoms with Crippen LogP contribution in [0.2, 0.25) is 19.6 Å².